The van der Waals surface area contributed by atoms with Crippen LogP contribution in [0.15, 0.2) is 59.2 Å². The third-order valence-electron chi connectivity index (χ3n) is 4.86. The zero-order valence-electron chi connectivity index (χ0n) is 16.7. The van der Waals surface area contributed by atoms with E-state index in [-0.39, 0.29) is 23.6 Å². The fourth-order valence-corrected chi connectivity index (χ4v) is 3.31. The number of carbonyl (C=O) groups is 2. The molecule has 2 aromatic rings. The maximum atomic E-state index is 13.2. The van der Waals surface area contributed by atoms with E-state index in [0.717, 1.165) is 0 Å². The van der Waals surface area contributed by atoms with Crippen LogP contribution in [0.1, 0.15) is 31.7 Å². The molecule has 0 aliphatic carbocycles. The number of aliphatic carboxylic acids is 1. The number of hydrogen-bond donors (Lipinski definition) is 1. The molecular weight excluding hydrogens is 405 g/mol. The Morgan fingerprint density at radius 2 is 1.87 bits per heavy atom. The average Bonchev–Trinajstić information content (AvgIpc) is 3.04. The van der Waals surface area contributed by atoms with Crippen LogP contribution in [-0.4, -0.2) is 27.6 Å². The first kappa shape index (κ1) is 21.8. The van der Waals surface area contributed by atoms with E-state index in [1.807, 2.05) is 6.92 Å². The normalized spacial score (nSPS) is 16.4. The summed E-state index contributed by atoms with van der Waals surface area (Å²) >= 11 is 0. The van der Waals surface area contributed by atoms with Crippen molar-refractivity contribution in [1.29, 1.82) is 0 Å². The largest absolute Gasteiger partial charge is 0.478 e. The second-order valence-electron chi connectivity index (χ2n) is 7.05. The second kappa shape index (κ2) is 9.29. The molecule has 0 spiro atoms. The third kappa shape index (κ3) is 5.00. The van der Waals surface area contributed by atoms with Gasteiger partial charge in [0.1, 0.15) is 5.82 Å². The number of amides is 1. The highest BCUT2D eigenvalue weighted by molar-refractivity contribution is 6.16. The Balaban J connectivity index is 1.88. The van der Waals surface area contributed by atoms with Crippen molar-refractivity contribution in [2.75, 3.05) is 5.01 Å². The van der Waals surface area contributed by atoms with Crippen LogP contribution >= 0.6 is 0 Å². The quantitative estimate of drug-likeness (QED) is 0.382. The number of hydrogen-bond acceptors (Lipinski definition) is 5. The van der Waals surface area contributed by atoms with Crippen molar-refractivity contribution in [3.63, 3.8) is 0 Å². The van der Waals surface area contributed by atoms with E-state index < -0.39 is 22.6 Å². The van der Waals surface area contributed by atoms with Gasteiger partial charge in [-0.3, -0.25) is 14.9 Å². The first-order valence-electron chi connectivity index (χ1n) is 9.65. The highest BCUT2D eigenvalue weighted by atomic mass is 19.1. The molecule has 0 radical (unpaired) electrons. The van der Waals surface area contributed by atoms with Gasteiger partial charge in [-0.1, -0.05) is 13.3 Å². The van der Waals surface area contributed by atoms with Gasteiger partial charge in [0.2, 0.25) is 0 Å². The molecule has 1 aliphatic heterocycles. The highest BCUT2D eigenvalue weighted by Crippen LogP contribution is 2.30. The fourth-order valence-electron chi connectivity index (χ4n) is 3.31. The van der Waals surface area contributed by atoms with Gasteiger partial charge in [0.25, 0.3) is 11.6 Å². The van der Waals surface area contributed by atoms with Gasteiger partial charge in [-0.15, -0.1) is 0 Å². The van der Waals surface area contributed by atoms with Crippen LogP contribution in [-0.2, 0) is 9.59 Å². The molecule has 1 atom stereocenters. The lowest BCUT2D eigenvalue weighted by Gasteiger charge is -2.15. The molecule has 0 saturated carbocycles. The molecule has 8 nitrogen and oxygen atoms in total. The van der Waals surface area contributed by atoms with Gasteiger partial charge in [-0.2, -0.15) is 5.10 Å². The van der Waals surface area contributed by atoms with Crippen molar-refractivity contribution >= 4 is 35.0 Å². The van der Waals surface area contributed by atoms with Crippen LogP contribution in [0.5, 0.6) is 0 Å². The van der Waals surface area contributed by atoms with Crippen molar-refractivity contribution < 1.29 is 24.0 Å². The van der Waals surface area contributed by atoms with Gasteiger partial charge in [0.15, 0.2) is 0 Å². The summed E-state index contributed by atoms with van der Waals surface area (Å²) in [5.41, 5.74) is 1.31. The van der Waals surface area contributed by atoms with E-state index in [2.05, 4.69) is 5.10 Å². The van der Waals surface area contributed by atoms with Crippen molar-refractivity contribution in [2.24, 2.45) is 11.0 Å². The highest BCUT2D eigenvalue weighted by Gasteiger charge is 2.37. The molecule has 0 bridgehead atoms. The fraction of sp³-hybridized carbons (Fsp3) is 0.227. The number of anilines is 1. The van der Waals surface area contributed by atoms with Crippen molar-refractivity contribution in [3.05, 3.63) is 75.6 Å². The standard InChI is InChI=1S/C22H20FN3O5/c1-2-3-20-19(21(27)25(24-20)17-10-6-16(23)7-11-17)13-15(22(28)29)12-14-4-8-18(9-5-14)26(30)31/h4-12,19H,2-3,13H2,1H3,(H,28,29). The first-order valence-corrected chi connectivity index (χ1v) is 9.65. The van der Waals surface area contributed by atoms with Crippen LogP contribution in [0.2, 0.25) is 0 Å². The number of hydrazone groups is 1. The molecule has 0 saturated heterocycles. The number of rotatable bonds is 8. The molecule has 9 heteroatoms. The number of benzene rings is 2. The molecule has 160 valence electrons. The van der Waals surface area contributed by atoms with Crippen LogP contribution in [0, 0.1) is 21.8 Å². The van der Waals surface area contributed by atoms with Gasteiger partial charge in [-0.25, -0.2) is 14.2 Å². The molecule has 1 unspecified atom stereocenters. The topological polar surface area (TPSA) is 113 Å². The Labute approximate surface area is 177 Å². The summed E-state index contributed by atoms with van der Waals surface area (Å²) in [5, 5.41) is 26.0. The summed E-state index contributed by atoms with van der Waals surface area (Å²) in [6.07, 6.45) is 2.54. The van der Waals surface area contributed by atoms with E-state index in [9.17, 15) is 29.2 Å². The predicted octanol–water partition coefficient (Wildman–Crippen LogP) is 4.41. The first-order chi connectivity index (χ1) is 14.8. The Morgan fingerprint density at radius 3 is 2.42 bits per heavy atom. The summed E-state index contributed by atoms with van der Waals surface area (Å²) in [6.45, 7) is 1.93. The van der Waals surface area contributed by atoms with E-state index in [0.29, 0.717) is 29.8 Å². The maximum absolute atomic E-state index is 13.2. The van der Waals surface area contributed by atoms with E-state index in [1.54, 1.807) is 0 Å². The van der Waals surface area contributed by atoms with Crippen LogP contribution in [0.3, 0.4) is 0 Å². The summed E-state index contributed by atoms with van der Waals surface area (Å²) < 4.78 is 13.2. The smallest absolute Gasteiger partial charge is 0.331 e. The number of carboxylic acid groups (broad SMARTS) is 1. The van der Waals surface area contributed by atoms with Gasteiger partial charge < -0.3 is 5.11 Å². The minimum Gasteiger partial charge on any atom is -0.478 e. The number of non-ortho nitro benzene ring substituents is 1. The number of nitrogens with zero attached hydrogens (tertiary/aromatic N) is 3. The zero-order chi connectivity index (χ0) is 22.5. The van der Waals surface area contributed by atoms with E-state index >= 15 is 0 Å². The molecule has 3 rings (SSSR count). The molecule has 2 aromatic carbocycles. The number of halogens is 1. The molecule has 0 fully saturated rings. The molecule has 1 aliphatic rings. The Kier molecular flexibility index (Phi) is 6.54. The lowest BCUT2D eigenvalue weighted by Crippen LogP contribution is -2.28. The van der Waals surface area contributed by atoms with Crippen molar-refractivity contribution in [1.82, 2.24) is 0 Å². The van der Waals surface area contributed by atoms with Gasteiger partial charge >= 0.3 is 5.97 Å². The second-order valence-corrected chi connectivity index (χ2v) is 7.05. The predicted molar refractivity (Wildman–Crippen MR) is 113 cm³/mol. The summed E-state index contributed by atoms with van der Waals surface area (Å²) in [7, 11) is 0. The summed E-state index contributed by atoms with van der Waals surface area (Å²) in [6, 6.07) is 10.8. The monoisotopic (exact) mass is 425 g/mol. The molecule has 31 heavy (non-hydrogen) atoms. The molecule has 0 aromatic heterocycles. The summed E-state index contributed by atoms with van der Waals surface area (Å²) in [5.74, 6) is -2.78. The molecular formula is C22H20FN3O5. The lowest BCUT2D eigenvalue weighted by molar-refractivity contribution is -0.384. The maximum Gasteiger partial charge on any atom is 0.331 e. The van der Waals surface area contributed by atoms with Gasteiger partial charge in [0.05, 0.1) is 22.2 Å². The zero-order valence-corrected chi connectivity index (χ0v) is 16.7. The minimum absolute atomic E-state index is 0.0167. The Morgan fingerprint density at radius 1 is 1.23 bits per heavy atom. The number of nitro groups is 1. The van der Waals surface area contributed by atoms with Crippen molar-refractivity contribution in [3.8, 4) is 0 Å². The SMILES string of the molecule is CCCC1=NN(c2ccc(F)cc2)C(=O)C1CC(=Cc1ccc([N+](=O)[O-])cc1)C(=O)O. The Bertz CT molecular complexity index is 1060. The van der Waals surface area contributed by atoms with Gasteiger partial charge in [-0.05, 0) is 60.9 Å². The van der Waals surface area contributed by atoms with Crippen molar-refractivity contribution in [2.45, 2.75) is 26.2 Å². The number of carboxylic acids is 1. The number of carbonyl (C=O) groups excluding carboxylic acids is 1. The summed E-state index contributed by atoms with van der Waals surface area (Å²) in [4.78, 5) is 35.1. The molecule has 1 N–H and O–H groups in total. The average molecular weight is 425 g/mol. The van der Waals surface area contributed by atoms with E-state index in [4.69, 9.17) is 0 Å². The Hall–Kier alpha value is -3.88. The minimum atomic E-state index is -1.19. The van der Waals surface area contributed by atoms with Gasteiger partial charge in [0, 0.05) is 17.7 Å². The van der Waals surface area contributed by atoms with Crippen LogP contribution in [0.4, 0.5) is 15.8 Å². The van der Waals surface area contributed by atoms with Crippen LogP contribution in [0.25, 0.3) is 6.08 Å². The number of nitro benzene ring substituents is 1. The third-order valence-corrected chi connectivity index (χ3v) is 4.86. The molecule has 1 amide bonds. The molecule has 1 heterocycles. The van der Waals surface area contributed by atoms with E-state index in [1.165, 1.54) is 59.6 Å². The van der Waals surface area contributed by atoms with Crippen LogP contribution < -0.4 is 5.01 Å². The lowest BCUT2D eigenvalue weighted by atomic mass is 9.91.